The minimum absolute atomic E-state index is 0.234. The van der Waals surface area contributed by atoms with Crippen molar-refractivity contribution < 1.29 is 9.13 Å². The molecule has 1 aromatic heterocycles. The molecule has 2 aliphatic rings. The summed E-state index contributed by atoms with van der Waals surface area (Å²) in [6.45, 7) is 1.51. The van der Waals surface area contributed by atoms with E-state index < -0.39 is 0 Å². The zero-order valence-electron chi connectivity index (χ0n) is 18.5. The van der Waals surface area contributed by atoms with Gasteiger partial charge in [0.15, 0.2) is 0 Å². The van der Waals surface area contributed by atoms with Gasteiger partial charge in [-0.25, -0.2) is 4.39 Å². The van der Waals surface area contributed by atoms with Crippen molar-refractivity contribution in [2.24, 2.45) is 0 Å². The Morgan fingerprint density at radius 2 is 1.72 bits per heavy atom. The molecule has 3 atom stereocenters. The third-order valence-electron chi connectivity index (χ3n) is 6.88. The van der Waals surface area contributed by atoms with Crippen LogP contribution in [0.1, 0.15) is 36.8 Å². The normalized spacial score (nSPS) is 22.8. The highest BCUT2D eigenvalue weighted by Gasteiger charge is 2.39. The zero-order chi connectivity index (χ0) is 21.9. The molecular weight excluding hydrogens is 401 g/mol. The first-order valence-electron chi connectivity index (χ1n) is 11.5. The summed E-state index contributed by atoms with van der Waals surface area (Å²) in [5, 5.41) is 3.49. The van der Waals surface area contributed by atoms with Gasteiger partial charge in [0.05, 0.1) is 5.69 Å². The van der Waals surface area contributed by atoms with E-state index in [9.17, 15) is 4.39 Å². The average Bonchev–Trinajstić information content (AvgIpc) is 3.01. The molecule has 2 saturated heterocycles. The number of benzene rings is 2. The number of ether oxygens (including phenoxy) is 1. The lowest BCUT2D eigenvalue weighted by atomic mass is 10.0. The number of piperidine rings is 1. The van der Waals surface area contributed by atoms with Crippen LogP contribution >= 0.6 is 0 Å². The van der Waals surface area contributed by atoms with Crippen LogP contribution in [-0.4, -0.2) is 35.1 Å². The van der Waals surface area contributed by atoms with E-state index in [1.54, 1.807) is 12.1 Å². The van der Waals surface area contributed by atoms with Gasteiger partial charge in [-0.05, 0) is 86.3 Å². The number of hydrogen-bond donors (Lipinski definition) is 1. The molecule has 4 nitrogen and oxygen atoms in total. The van der Waals surface area contributed by atoms with Gasteiger partial charge in [0.2, 0.25) is 0 Å². The second-order valence-corrected chi connectivity index (χ2v) is 9.07. The summed E-state index contributed by atoms with van der Waals surface area (Å²) in [6, 6.07) is 20.3. The highest BCUT2D eigenvalue weighted by Crippen LogP contribution is 2.36. The molecule has 0 spiro atoms. The quantitative estimate of drug-likeness (QED) is 0.559. The number of rotatable bonds is 7. The van der Waals surface area contributed by atoms with Crippen molar-refractivity contribution in [3.05, 3.63) is 83.8 Å². The molecule has 5 rings (SSSR count). The first-order valence-corrected chi connectivity index (χ1v) is 11.5. The number of fused-ring (bicyclic) bond motifs is 2. The van der Waals surface area contributed by atoms with Crippen LogP contribution < -0.4 is 10.1 Å². The lowest BCUT2D eigenvalue weighted by molar-refractivity contribution is 0.0661. The third-order valence-corrected chi connectivity index (χ3v) is 6.88. The van der Waals surface area contributed by atoms with Crippen molar-refractivity contribution in [2.45, 2.75) is 57.0 Å². The lowest BCUT2D eigenvalue weighted by Crippen LogP contribution is -2.43. The summed E-state index contributed by atoms with van der Waals surface area (Å²) < 4.78 is 19.5. The molecule has 0 aliphatic carbocycles. The summed E-state index contributed by atoms with van der Waals surface area (Å²) in [7, 11) is 2.26. The Labute approximate surface area is 189 Å². The molecule has 0 unspecified atom stereocenters. The molecule has 0 saturated carbocycles. The molecule has 2 aliphatic heterocycles. The lowest BCUT2D eigenvalue weighted by Gasteiger charge is -2.36. The SMILES string of the molecule is CN1[C@@H]2CC[C@H]1C[C@@H](Oc1cccc(CNCc3ccc(-c4ccc(F)cc4)nc3)c1)C2. The summed E-state index contributed by atoms with van der Waals surface area (Å²) in [6.07, 6.45) is 7.10. The van der Waals surface area contributed by atoms with Crippen LogP contribution in [0.3, 0.4) is 0 Å². The van der Waals surface area contributed by atoms with Crippen molar-refractivity contribution in [1.29, 1.82) is 0 Å². The minimum atomic E-state index is -0.234. The van der Waals surface area contributed by atoms with Gasteiger partial charge in [0.1, 0.15) is 17.7 Å². The van der Waals surface area contributed by atoms with E-state index in [-0.39, 0.29) is 5.82 Å². The molecular formula is C27H30FN3O. The molecule has 32 heavy (non-hydrogen) atoms. The number of halogens is 1. The van der Waals surface area contributed by atoms with Gasteiger partial charge in [-0.15, -0.1) is 0 Å². The van der Waals surface area contributed by atoms with Crippen LogP contribution in [0.25, 0.3) is 11.3 Å². The van der Waals surface area contributed by atoms with Crippen LogP contribution in [0.15, 0.2) is 66.9 Å². The molecule has 166 valence electrons. The van der Waals surface area contributed by atoms with Gasteiger partial charge in [0, 0.05) is 36.9 Å². The number of nitrogens with one attached hydrogen (secondary N) is 1. The molecule has 5 heteroatoms. The van der Waals surface area contributed by atoms with E-state index in [1.807, 2.05) is 12.3 Å². The highest BCUT2D eigenvalue weighted by molar-refractivity contribution is 5.58. The maximum Gasteiger partial charge on any atom is 0.123 e. The van der Waals surface area contributed by atoms with E-state index in [0.717, 1.165) is 48.5 Å². The van der Waals surface area contributed by atoms with E-state index in [2.05, 4.69) is 52.6 Å². The van der Waals surface area contributed by atoms with Crippen LogP contribution in [0, 0.1) is 5.82 Å². The van der Waals surface area contributed by atoms with Crippen molar-refractivity contribution >= 4 is 0 Å². The van der Waals surface area contributed by atoms with Gasteiger partial charge < -0.3 is 15.0 Å². The van der Waals surface area contributed by atoms with Crippen molar-refractivity contribution in [2.75, 3.05) is 7.05 Å². The smallest absolute Gasteiger partial charge is 0.123 e. The number of aromatic nitrogens is 1. The first kappa shape index (κ1) is 21.1. The number of hydrogen-bond acceptors (Lipinski definition) is 4. The zero-order valence-corrected chi connectivity index (χ0v) is 18.5. The Balaban J connectivity index is 1.13. The van der Waals surface area contributed by atoms with Crippen molar-refractivity contribution in [3.8, 4) is 17.0 Å². The Kier molecular flexibility index (Phi) is 6.19. The molecule has 1 N–H and O–H groups in total. The molecule has 2 aromatic carbocycles. The second-order valence-electron chi connectivity index (χ2n) is 9.07. The summed E-state index contributed by atoms with van der Waals surface area (Å²) in [5.41, 5.74) is 4.10. The van der Waals surface area contributed by atoms with E-state index in [1.165, 1.54) is 30.5 Å². The van der Waals surface area contributed by atoms with E-state index in [4.69, 9.17) is 4.74 Å². The first-order chi connectivity index (χ1) is 15.6. The summed E-state index contributed by atoms with van der Waals surface area (Å²) in [4.78, 5) is 7.06. The summed E-state index contributed by atoms with van der Waals surface area (Å²) in [5.74, 6) is 0.742. The van der Waals surface area contributed by atoms with Gasteiger partial charge in [0.25, 0.3) is 0 Å². The van der Waals surface area contributed by atoms with Crippen LogP contribution in [0.2, 0.25) is 0 Å². The maximum atomic E-state index is 13.1. The predicted octanol–water partition coefficient (Wildman–Crippen LogP) is 5.18. The fraction of sp³-hybridized carbons (Fsp3) is 0.370. The third kappa shape index (κ3) is 4.84. The topological polar surface area (TPSA) is 37.4 Å². The fourth-order valence-electron chi connectivity index (χ4n) is 5.05. The minimum Gasteiger partial charge on any atom is -0.490 e. The molecule has 0 radical (unpaired) electrons. The molecule has 2 fully saturated rings. The van der Waals surface area contributed by atoms with Gasteiger partial charge in [-0.1, -0.05) is 18.2 Å². The second kappa shape index (κ2) is 9.39. The van der Waals surface area contributed by atoms with Crippen molar-refractivity contribution in [1.82, 2.24) is 15.2 Å². The van der Waals surface area contributed by atoms with E-state index >= 15 is 0 Å². The molecule has 0 amide bonds. The Morgan fingerprint density at radius 1 is 0.969 bits per heavy atom. The monoisotopic (exact) mass is 431 g/mol. The largest absolute Gasteiger partial charge is 0.490 e. The average molecular weight is 432 g/mol. The van der Waals surface area contributed by atoms with E-state index in [0.29, 0.717) is 18.2 Å². The van der Waals surface area contributed by atoms with Gasteiger partial charge >= 0.3 is 0 Å². The van der Waals surface area contributed by atoms with Crippen LogP contribution in [-0.2, 0) is 13.1 Å². The standard InChI is InChI=1S/C27H30FN3O/c1-31-23-10-11-24(31)15-26(14-23)32-25-4-2-3-19(13-25)16-29-17-20-5-12-27(30-18-20)21-6-8-22(28)9-7-21/h2-9,12-13,18,23-24,26,29H,10-11,14-17H2,1H3/t23-,24+,26+. The highest BCUT2D eigenvalue weighted by atomic mass is 19.1. The predicted molar refractivity (Wildman–Crippen MR) is 125 cm³/mol. The Hall–Kier alpha value is -2.76. The molecule has 3 heterocycles. The van der Waals surface area contributed by atoms with Gasteiger partial charge in [-0.3, -0.25) is 4.98 Å². The summed E-state index contributed by atoms with van der Waals surface area (Å²) >= 11 is 0. The van der Waals surface area contributed by atoms with Crippen molar-refractivity contribution in [3.63, 3.8) is 0 Å². The number of pyridine rings is 1. The molecule has 2 bridgehead atoms. The Morgan fingerprint density at radius 3 is 2.44 bits per heavy atom. The fourth-order valence-corrected chi connectivity index (χ4v) is 5.05. The number of nitrogens with zero attached hydrogens (tertiary/aromatic N) is 2. The van der Waals surface area contributed by atoms with Crippen LogP contribution in [0.4, 0.5) is 4.39 Å². The van der Waals surface area contributed by atoms with Crippen LogP contribution in [0.5, 0.6) is 5.75 Å². The van der Waals surface area contributed by atoms with Gasteiger partial charge in [-0.2, -0.15) is 0 Å². The Bertz CT molecular complexity index is 1020. The molecule has 3 aromatic rings. The maximum absolute atomic E-state index is 13.1.